The van der Waals surface area contributed by atoms with Crippen molar-refractivity contribution in [2.75, 3.05) is 31.1 Å². The van der Waals surface area contributed by atoms with Gasteiger partial charge in [0.1, 0.15) is 6.54 Å². The second-order valence-corrected chi connectivity index (χ2v) is 7.28. The third-order valence-electron chi connectivity index (χ3n) is 5.59. The predicted octanol–water partition coefficient (Wildman–Crippen LogP) is 2.36. The zero-order valence-electron chi connectivity index (χ0n) is 16.3. The maximum Gasteiger partial charge on any atom is 0.261 e. The number of nitrogens with zero attached hydrogens (tertiary/aromatic N) is 4. The Morgan fingerprint density at radius 1 is 1.00 bits per heavy atom. The van der Waals surface area contributed by atoms with Gasteiger partial charge in [-0.1, -0.05) is 24.3 Å². The minimum absolute atomic E-state index is 0.0279. The maximum absolute atomic E-state index is 12.7. The van der Waals surface area contributed by atoms with Gasteiger partial charge in [-0.2, -0.15) is 0 Å². The van der Waals surface area contributed by atoms with E-state index in [2.05, 4.69) is 41.9 Å². The Labute approximate surface area is 164 Å². The summed E-state index contributed by atoms with van der Waals surface area (Å²) in [7, 11) is 0. The smallest absolute Gasteiger partial charge is 0.261 e. The Morgan fingerprint density at radius 3 is 2.54 bits per heavy atom. The van der Waals surface area contributed by atoms with Crippen LogP contribution in [0.1, 0.15) is 11.1 Å². The quantitative estimate of drug-likeness (QED) is 0.704. The summed E-state index contributed by atoms with van der Waals surface area (Å²) in [6.07, 6.45) is 1.47. The van der Waals surface area contributed by atoms with Crippen LogP contribution in [0.3, 0.4) is 0 Å². The molecule has 1 fully saturated rings. The van der Waals surface area contributed by atoms with E-state index in [4.69, 9.17) is 0 Å². The minimum Gasteiger partial charge on any atom is -0.368 e. The first kappa shape index (κ1) is 18.2. The molecule has 3 aromatic rings. The lowest BCUT2D eigenvalue weighted by Gasteiger charge is -2.37. The summed E-state index contributed by atoms with van der Waals surface area (Å²) in [4.78, 5) is 33.8. The normalized spacial score (nSPS) is 14.5. The fraction of sp³-hybridized carbons (Fsp3) is 0.318. The van der Waals surface area contributed by atoms with Crippen molar-refractivity contribution in [1.29, 1.82) is 0 Å². The van der Waals surface area contributed by atoms with Crippen LogP contribution >= 0.6 is 0 Å². The highest BCUT2D eigenvalue weighted by Gasteiger charge is 2.23. The monoisotopic (exact) mass is 376 g/mol. The Balaban J connectivity index is 1.44. The molecule has 4 rings (SSSR count). The number of anilines is 1. The Hall–Kier alpha value is -3.15. The average Bonchev–Trinajstić information content (AvgIpc) is 2.72. The van der Waals surface area contributed by atoms with Gasteiger partial charge in [0.05, 0.1) is 17.2 Å². The standard InChI is InChI=1S/C22H24N4O2/c1-16-6-5-9-20(17(16)2)24-10-12-25(13-11-24)21(27)14-26-15-23-19-8-4-3-7-18(19)22(26)28/h3-9,15H,10-14H2,1-2H3. The van der Waals surface area contributed by atoms with E-state index in [9.17, 15) is 9.59 Å². The fourth-order valence-electron chi connectivity index (χ4n) is 3.74. The summed E-state index contributed by atoms with van der Waals surface area (Å²) in [6.45, 7) is 7.18. The van der Waals surface area contributed by atoms with Gasteiger partial charge in [0.25, 0.3) is 5.56 Å². The summed E-state index contributed by atoms with van der Waals surface area (Å²) in [5.41, 5.74) is 4.28. The molecule has 1 aliphatic rings. The molecule has 1 saturated heterocycles. The van der Waals surface area contributed by atoms with Crippen LogP contribution in [0.15, 0.2) is 53.6 Å². The first-order valence-corrected chi connectivity index (χ1v) is 9.58. The van der Waals surface area contributed by atoms with Gasteiger partial charge in [-0.05, 0) is 43.2 Å². The van der Waals surface area contributed by atoms with Crippen molar-refractivity contribution in [3.8, 4) is 0 Å². The number of carbonyl (C=O) groups excluding carboxylic acids is 1. The average molecular weight is 376 g/mol. The van der Waals surface area contributed by atoms with E-state index in [1.165, 1.54) is 27.7 Å². The van der Waals surface area contributed by atoms with Crippen molar-refractivity contribution in [2.45, 2.75) is 20.4 Å². The lowest BCUT2D eigenvalue weighted by Crippen LogP contribution is -2.50. The molecule has 28 heavy (non-hydrogen) atoms. The predicted molar refractivity (Wildman–Crippen MR) is 111 cm³/mol. The number of fused-ring (bicyclic) bond motifs is 1. The summed E-state index contributed by atoms with van der Waals surface area (Å²) in [5, 5.41) is 0.539. The van der Waals surface area contributed by atoms with E-state index in [0.29, 0.717) is 24.0 Å². The van der Waals surface area contributed by atoms with Crippen LogP contribution in [0, 0.1) is 13.8 Å². The highest BCUT2D eigenvalue weighted by atomic mass is 16.2. The van der Waals surface area contributed by atoms with Crippen LogP contribution in [-0.4, -0.2) is 46.5 Å². The molecule has 0 radical (unpaired) electrons. The Bertz CT molecular complexity index is 1080. The lowest BCUT2D eigenvalue weighted by molar-refractivity contribution is -0.132. The van der Waals surface area contributed by atoms with Crippen LogP contribution in [-0.2, 0) is 11.3 Å². The van der Waals surface area contributed by atoms with Gasteiger partial charge in [0.15, 0.2) is 0 Å². The van der Waals surface area contributed by atoms with E-state index < -0.39 is 0 Å². The van der Waals surface area contributed by atoms with Gasteiger partial charge in [-0.3, -0.25) is 14.2 Å². The highest BCUT2D eigenvalue weighted by molar-refractivity contribution is 5.79. The molecule has 6 heteroatoms. The molecule has 6 nitrogen and oxygen atoms in total. The van der Waals surface area contributed by atoms with Crippen LogP contribution in [0.4, 0.5) is 5.69 Å². The first-order chi connectivity index (χ1) is 13.5. The van der Waals surface area contributed by atoms with Gasteiger partial charge in [-0.25, -0.2) is 4.98 Å². The number of aromatic nitrogens is 2. The maximum atomic E-state index is 12.7. The Kier molecular flexibility index (Phi) is 4.86. The number of para-hydroxylation sites is 1. The van der Waals surface area contributed by atoms with Crippen molar-refractivity contribution in [3.05, 3.63) is 70.3 Å². The van der Waals surface area contributed by atoms with Crippen molar-refractivity contribution in [2.24, 2.45) is 0 Å². The second kappa shape index (κ2) is 7.46. The molecule has 1 aromatic heterocycles. The van der Waals surface area contributed by atoms with Crippen molar-refractivity contribution >= 4 is 22.5 Å². The fourth-order valence-corrected chi connectivity index (χ4v) is 3.74. The van der Waals surface area contributed by atoms with Gasteiger partial charge in [0, 0.05) is 31.9 Å². The first-order valence-electron chi connectivity index (χ1n) is 9.58. The largest absolute Gasteiger partial charge is 0.368 e. The molecule has 2 aromatic carbocycles. The zero-order chi connectivity index (χ0) is 19.7. The minimum atomic E-state index is -0.173. The second-order valence-electron chi connectivity index (χ2n) is 7.28. The van der Waals surface area contributed by atoms with Crippen LogP contribution < -0.4 is 10.5 Å². The number of piperazine rings is 1. The van der Waals surface area contributed by atoms with Crippen LogP contribution in [0.25, 0.3) is 10.9 Å². The summed E-state index contributed by atoms with van der Waals surface area (Å²) >= 11 is 0. The molecule has 0 aliphatic carbocycles. The molecule has 0 spiro atoms. The summed E-state index contributed by atoms with van der Waals surface area (Å²) in [5.74, 6) is -0.0419. The molecule has 0 bridgehead atoms. The van der Waals surface area contributed by atoms with E-state index in [0.717, 1.165) is 13.1 Å². The van der Waals surface area contributed by atoms with Crippen molar-refractivity contribution in [3.63, 3.8) is 0 Å². The highest BCUT2D eigenvalue weighted by Crippen LogP contribution is 2.23. The molecule has 0 unspecified atom stereocenters. The molecule has 144 valence electrons. The SMILES string of the molecule is Cc1cccc(N2CCN(C(=O)Cn3cnc4ccccc4c3=O)CC2)c1C. The number of benzene rings is 2. The van der Waals surface area contributed by atoms with E-state index in [1.54, 1.807) is 12.1 Å². The Morgan fingerprint density at radius 2 is 1.75 bits per heavy atom. The van der Waals surface area contributed by atoms with E-state index in [1.807, 2.05) is 17.0 Å². The molecule has 2 heterocycles. The number of hydrogen-bond donors (Lipinski definition) is 0. The number of hydrogen-bond acceptors (Lipinski definition) is 4. The molecular formula is C22H24N4O2. The number of aryl methyl sites for hydroxylation is 1. The molecule has 0 saturated carbocycles. The molecule has 0 N–H and O–H groups in total. The van der Waals surface area contributed by atoms with Gasteiger partial charge >= 0.3 is 0 Å². The molecule has 0 atom stereocenters. The molecule has 1 aliphatic heterocycles. The van der Waals surface area contributed by atoms with Gasteiger partial charge < -0.3 is 9.80 Å². The molecule has 1 amide bonds. The number of amides is 1. The van der Waals surface area contributed by atoms with E-state index >= 15 is 0 Å². The van der Waals surface area contributed by atoms with Crippen molar-refractivity contribution in [1.82, 2.24) is 14.5 Å². The summed E-state index contributed by atoms with van der Waals surface area (Å²) < 4.78 is 1.40. The van der Waals surface area contributed by atoms with Crippen LogP contribution in [0.5, 0.6) is 0 Å². The topological polar surface area (TPSA) is 58.4 Å². The third kappa shape index (κ3) is 3.38. The third-order valence-corrected chi connectivity index (χ3v) is 5.59. The lowest BCUT2D eigenvalue weighted by atomic mass is 10.1. The van der Waals surface area contributed by atoms with Gasteiger partial charge in [-0.15, -0.1) is 0 Å². The molecular weight excluding hydrogens is 352 g/mol. The van der Waals surface area contributed by atoms with Gasteiger partial charge in [0.2, 0.25) is 5.91 Å². The van der Waals surface area contributed by atoms with Crippen molar-refractivity contribution < 1.29 is 4.79 Å². The zero-order valence-corrected chi connectivity index (χ0v) is 16.3. The number of carbonyl (C=O) groups is 1. The van der Waals surface area contributed by atoms with E-state index in [-0.39, 0.29) is 18.0 Å². The summed E-state index contributed by atoms with van der Waals surface area (Å²) in [6, 6.07) is 13.5. The number of rotatable bonds is 3. The van der Waals surface area contributed by atoms with Crippen LogP contribution in [0.2, 0.25) is 0 Å².